The van der Waals surface area contributed by atoms with Gasteiger partial charge in [0.2, 0.25) is 11.8 Å². The van der Waals surface area contributed by atoms with Crippen molar-refractivity contribution in [3.63, 3.8) is 0 Å². The van der Waals surface area contributed by atoms with Crippen molar-refractivity contribution in [2.45, 2.75) is 33.6 Å². The molecule has 1 aromatic carbocycles. The van der Waals surface area contributed by atoms with Crippen LogP contribution in [0.1, 0.15) is 30.9 Å². The molecule has 4 nitrogen and oxygen atoms in total. The Balaban J connectivity index is 2.10. The molecular weight excluding hydrogens is 288 g/mol. The third-order valence-electron chi connectivity index (χ3n) is 3.92. The van der Waals surface area contributed by atoms with E-state index in [1.807, 2.05) is 26.0 Å². The minimum Gasteiger partial charge on any atom is -0.342 e. The summed E-state index contributed by atoms with van der Waals surface area (Å²) in [4.78, 5) is 25.6. The molecule has 1 aromatic rings. The highest BCUT2D eigenvalue weighted by molar-refractivity contribution is 6.34. The SMILES string of the molecule is CC(=O)N1CCCC(C(=O)Nc2c(C)cc(C)cc2Cl)C1. The lowest BCUT2D eigenvalue weighted by atomic mass is 9.96. The van der Waals surface area contributed by atoms with Crippen LogP contribution in [0.3, 0.4) is 0 Å². The first-order valence-corrected chi connectivity index (χ1v) is 7.59. The number of amides is 2. The second-order valence-corrected chi connectivity index (χ2v) is 6.14. The van der Waals surface area contributed by atoms with Gasteiger partial charge in [0.15, 0.2) is 0 Å². The van der Waals surface area contributed by atoms with Crippen molar-refractivity contribution in [1.29, 1.82) is 0 Å². The van der Waals surface area contributed by atoms with Crippen LogP contribution in [0.15, 0.2) is 12.1 Å². The Morgan fingerprint density at radius 1 is 1.33 bits per heavy atom. The number of piperidine rings is 1. The normalized spacial score (nSPS) is 18.5. The molecule has 2 rings (SSSR count). The lowest BCUT2D eigenvalue weighted by molar-refractivity contribution is -0.132. The Bertz CT molecular complexity index is 548. The van der Waals surface area contributed by atoms with E-state index < -0.39 is 0 Å². The summed E-state index contributed by atoms with van der Waals surface area (Å²) in [6, 6.07) is 3.83. The second-order valence-electron chi connectivity index (χ2n) is 5.73. The third-order valence-corrected chi connectivity index (χ3v) is 4.22. The number of anilines is 1. The maximum atomic E-state index is 12.4. The first-order chi connectivity index (χ1) is 9.88. The van der Waals surface area contributed by atoms with Crippen molar-refractivity contribution < 1.29 is 9.59 Å². The molecule has 1 aliphatic heterocycles. The van der Waals surface area contributed by atoms with Gasteiger partial charge in [0, 0.05) is 20.0 Å². The zero-order valence-corrected chi connectivity index (χ0v) is 13.5. The van der Waals surface area contributed by atoms with E-state index in [1.165, 1.54) is 0 Å². The van der Waals surface area contributed by atoms with Gasteiger partial charge in [-0.25, -0.2) is 0 Å². The predicted octanol–water partition coefficient (Wildman–Crippen LogP) is 3.15. The summed E-state index contributed by atoms with van der Waals surface area (Å²) in [5.74, 6) is -0.203. The first-order valence-electron chi connectivity index (χ1n) is 7.21. The topological polar surface area (TPSA) is 49.4 Å². The molecule has 1 saturated heterocycles. The molecule has 0 radical (unpaired) electrons. The number of carbonyl (C=O) groups excluding carboxylic acids is 2. The average Bonchev–Trinajstić information content (AvgIpc) is 2.42. The molecule has 0 saturated carbocycles. The molecule has 21 heavy (non-hydrogen) atoms. The maximum Gasteiger partial charge on any atom is 0.229 e. The molecular formula is C16H21ClN2O2. The van der Waals surface area contributed by atoms with Gasteiger partial charge in [0.05, 0.1) is 16.6 Å². The number of benzene rings is 1. The van der Waals surface area contributed by atoms with Gasteiger partial charge in [0.1, 0.15) is 0 Å². The molecule has 1 N–H and O–H groups in total. The monoisotopic (exact) mass is 308 g/mol. The van der Waals surface area contributed by atoms with Crippen LogP contribution in [0.4, 0.5) is 5.69 Å². The van der Waals surface area contributed by atoms with Crippen LogP contribution >= 0.6 is 11.6 Å². The van der Waals surface area contributed by atoms with Gasteiger partial charge < -0.3 is 10.2 Å². The first kappa shape index (κ1) is 15.8. The molecule has 0 aromatic heterocycles. The molecule has 0 aliphatic carbocycles. The molecule has 0 spiro atoms. The minimum atomic E-state index is -0.167. The van der Waals surface area contributed by atoms with E-state index >= 15 is 0 Å². The van der Waals surface area contributed by atoms with Gasteiger partial charge in [-0.3, -0.25) is 9.59 Å². The second kappa shape index (κ2) is 6.48. The Labute approximate surface area is 130 Å². The molecule has 1 atom stereocenters. The van der Waals surface area contributed by atoms with Crippen LogP contribution in [0.2, 0.25) is 5.02 Å². The van der Waals surface area contributed by atoms with Crippen LogP contribution in [0, 0.1) is 19.8 Å². The zero-order valence-electron chi connectivity index (χ0n) is 12.7. The van der Waals surface area contributed by atoms with Gasteiger partial charge in [-0.1, -0.05) is 17.7 Å². The number of carbonyl (C=O) groups is 2. The smallest absolute Gasteiger partial charge is 0.229 e. The number of hydrogen-bond donors (Lipinski definition) is 1. The number of hydrogen-bond acceptors (Lipinski definition) is 2. The van der Waals surface area contributed by atoms with Crippen LogP contribution < -0.4 is 5.32 Å². The van der Waals surface area contributed by atoms with E-state index in [1.54, 1.807) is 11.8 Å². The Kier molecular flexibility index (Phi) is 4.88. The molecule has 1 unspecified atom stereocenters. The molecule has 1 aliphatic rings. The van der Waals surface area contributed by atoms with Gasteiger partial charge in [0.25, 0.3) is 0 Å². The number of nitrogens with one attached hydrogen (secondary N) is 1. The van der Waals surface area contributed by atoms with Crippen LogP contribution in [0.5, 0.6) is 0 Å². The maximum absolute atomic E-state index is 12.4. The fraction of sp³-hybridized carbons (Fsp3) is 0.500. The fourth-order valence-corrected chi connectivity index (χ4v) is 3.14. The number of rotatable bonds is 2. The number of aryl methyl sites for hydroxylation is 2. The van der Waals surface area contributed by atoms with E-state index in [0.717, 1.165) is 30.5 Å². The van der Waals surface area contributed by atoms with Gasteiger partial charge in [-0.15, -0.1) is 0 Å². The lowest BCUT2D eigenvalue weighted by Crippen LogP contribution is -2.42. The lowest BCUT2D eigenvalue weighted by Gasteiger charge is -2.31. The number of halogens is 1. The quantitative estimate of drug-likeness (QED) is 0.912. The summed E-state index contributed by atoms with van der Waals surface area (Å²) in [6.45, 7) is 6.67. The number of likely N-dealkylation sites (tertiary alicyclic amines) is 1. The Morgan fingerprint density at radius 2 is 2.05 bits per heavy atom. The number of nitrogens with zero attached hydrogens (tertiary/aromatic N) is 1. The van der Waals surface area contributed by atoms with Crippen molar-refractivity contribution in [3.05, 3.63) is 28.3 Å². The summed E-state index contributed by atoms with van der Waals surface area (Å²) in [7, 11) is 0. The Hall–Kier alpha value is -1.55. The molecule has 1 fully saturated rings. The molecule has 5 heteroatoms. The minimum absolute atomic E-state index is 0.0250. The van der Waals surface area contributed by atoms with Crippen LogP contribution in [-0.2, 0) is 9.59 Å². The molecule has 1 heterocycles. The highest BCUT2D eigenvalue weighted by Gasteiger charge is 2.27. The van der Waals surface area contributed by atoms with E-state index in [-0.39, 0.29) is 17.7 Å². The van der Waals surface area contributed by atoms with E-state index in [9.17, 15) is 9.59 Å². The summed E-state index contributed by atoms with van der Waals surface area (Å²) < 4.78 is 0. The summed E-state index contributed by atoms with van der Waals surface area (Å²) >= 11 is 6.22. The fourth-order valence-electron chi connectivity index (χ4n) is 2.78. The van der Waals surface area contributed by atoms with Gasteiger partial charge in [-0.05, 0) is 43.9 Å². The van der Waals surface area contributed by atoms with Crippen molar-refractivity contribution in [2.75, 3.05) is 18.4 Å². The summed E-state index contributed by atoms with van der Waals surface area (Å²) in [6.07, 6.45) is 1.66. The highest BCUT2D eigenvalue weighted by Crippen LogP contribution is 2.28. The summed E-state index contributed by atoms with van der Waals surface area (Å²) in [5, 5.41) is 3.48. The van der Waals surface area contributed by atoms with E-state index in [2.05, 4.69) is 5.32 Å². The predicted molar refractivity (Wildman–Crippen MR) is 84.5 cm³/mol. The molecule has 114 valence electrons. The molecule has 2 amide bonds. The molecule has 0 bridgehead atoms. The van der Waals surface area contributed by atoms with Crippen molar-refractivity contribution in [3.8, 4) is 0 Å². The summed E-state index contributed by atoms with van der Waals surface area (Å²) in [5.41, 5.74) is 2.69. The largest absolute Gasteiger partial charge is 0.342 e. The van der Waals surface area contributed by atoms with Crippen LogP contribution in [-0.4, -0.2) is 29.8 Å². The van der Waals surface area contributed by atoms with E-state index in [0.29, 0.717) is 17.3 Å². The van der Waals surface area contributed by atoms with Crippen molar-refractivity contribution in [2.24, 2.45) is 5.92 Å². The van der Waals surface area contributed by atoms with Crippen molar-refractivity contribution in [1.82, 2.24) is 4.90 Å². The van der Waals surface area contributed by atoms with E-state index in [4.69, 9.17) is 11.6 Å². The Morgan fingerprint density at radius 3 is 2.67 bits per heavy atom. The van der Waals surface area contributed by atoms with Crippen LogP contribution in [0.25, 0.3) is 0 Å². The third kappa shape index (κ3) is 3.76. The highest BCUT2D eigenvalue weighted by atomic mass is 35.5. The standard InChI is InChI=1S/C16H21ClN2O2/c1-10-7-11(2)15(14(17)8-10)18-16(21)13-5-4-6-19(9-13)12(3)20/h7-8,13H,4-6,9H2,1-3H3,(H,18,21). The average molecular weight is 309 g/mol. The van der Waals surface area contributed by atoms with Gasteiger partial charge in [-0.2, -0.15) is 0 Å². The zero-order chi connectivity index (χ0) is 15.6. The van der Waals surface area contributed by atoms with Gasteiger partial charge >= 0.3 is 0 Å². The van der Waals surface area contributed by atoms with Crippen molar-refractivity contribution >= 4 is 29.1 Å².